The number of methoxy groups -OCH3 is 1. The van der Waals surface area contributed by atoms with Crippen LogP contribution in [0.3, 0.4) is 0 Å². The number of ether oxygens (including phenoxy) is 1. The molecule has 2 aromatic rings. The molecule has 0 N–H and O–H groups in total. The highest BCUT2D eigenvalue weighted by Gasteiger charge is 1.96. The molecule has 0 aromatic heterocycles. The fourth-order valence-corrected chi connectivity index (χ4v) is 1.83. The molecule has 1 nitrogen and oxygen atoms in total. The topological polar surface area (TPSA) is 9.23 Å². The number of hydrogen-bond donors (Lipinski definition) is 0. The largest absolute Gasteiger partial charge is 0.497 e. The number of benzene rings is 2. The molecule has 0 atom stereocenters. The smallest absolute Gasteiger partial charge is 0.118 e. The average Bonchev–Trinajstić information content (AvgIpc) is 2.41. The van der Waals surface area contributed by atoms with Crippen molar-refractivity contribution in [3.8, 4) is 5.75 Å². The molecule has 2 rings (SSSR count). The van der Waals surface area contributed by atoms with E-state index in [1.807, 2.05) is 48.6 Å². The van der Waals surface area contributed by atoms with E-state index in [1.54, 1.807) is 13.2 Å². The number of hydrogen-bond acceptors (Lipinski definition) is 1. The molecular formula is C15H12Cl2O. The first-order valence-electron chi connectivity index (χ1n) is 5.46. The molecule has 0 spiro atoms. The maximum absolute atomic E-state index is 5.95. The van der Waals surface area contributed by atoms with Crippen LogP contribution < -0.4 is 4.74 Å². The third kappa shape index (κ3) is 3.28. The van der Waals surface area contributed by atoms with Crippen molar-refractivity contribution < 1.29 is 4.74 Å². The van der Waals surface area contributed by atoms with Gasteiger partial charge in [-0.25, -0.2) is 0 Å². The summed E-state index contributed by atoms with van der Waals surface area (Å²) < 4.78 is 5.10. The Morgan fingerprint density at radius 1 is 0.833 bits per heavy atom. The zero-order chi connectivity index (χ0) is 13.0. The van der Waals surface area contributed by atoms with Crippen LogP contribution in [0.2, 0.25) is 10.0 Å². The molecular weight excluding hydrogens is 267 g/mol. The van der Waals surface area contributed by atoms with Gasteiger partial charge in [-0.2, -0.15) is 0 Å². The van der Waals surface area contributed by atoms with E-state index in [2.05, 4.69) is 0 Å². The van der Waals surface area contributed by atoms with Gasteiger partial charge in [-0.3, -0.25) is 0 Å². The number of rotatable bonds is 3. The zero-order valence-electron chi connectivity index (χ0n) is 9.86. The molecule has 2 aromatic carbocycles. The SMILES string of the molecule is COc1ccc(C=Cc2ccc(Cl)c(Cl)c2)cc1. The minimum absolute atomic E-state index is 0.563. The first-order valence-corrected chi connectivity index (χ1v) is 6.22. The highest BCUT2D eigenvalue weighted by atomic mass is 35.5. The molecule has 0 aliphatic heterocycles. The van der Waals surface area contributed by atoms with E-state index in [0.29, 0.717) is 10.0 Å². The van der Waals surface area contributed by atoms with Crippen LogP contribution in [0.1, 0.15) is 11.1 Å². The fraction of sp³-hybridized carbons (Fsp3) is 0.0667. The second-order valence-electron chi connectivity index (χ2n) is 3.78. The first kappa shape index (κ1) is 13.0. The van der Waals surface area contributed by atoms with E-state index in [0.717, 1.165) is 16.9 Å². The summed E-state index contributed by atoms with van der Waals surface area (Å²) >= 11 is 11.8. The van der Waals surface area contributed by atoms with E-state index in [4.69, 9.17) is 27.9 Å². The fourth-order valence-electron chi connectivity index (χ4n) is 1.52. The van der Waals surface area contributed by atoms with Crippen LogP contribution in [0.15, 0.2) is 42.5 Å². The van der Waals surface area contributed by atoms with Crippen molar-refractivity contribution in [1.82, 2.24) is 0 Å². The molecule has 0 heterocycles. The van der Waals surface area contributed by atoms with Gasteiger partial charge in [0, 0.05) is 0 Å². The highest BCUT2D eigenvalue weighted by Crippen LogP contribution is 2.23. The van der Waals surface area contributed by atoms with Crippen molar-refractivity contribution in [2.24, 2.45) is 0 Å². The van der Waals surface area contributed by atoms with E-state index in [-0.39, 0.29) is 0 Å². The second kappa shape index (κ2) is 5.94. The van der Waals surface area contributed by atoms with Gasteiger partial charge in [-0.05, 0) is 35.4 Å². The molecule has 0 aliphatic rings. The van der Waals surface area contributed by atoms with E-state index in [1.165, 1.54) is 0 Å². The highest BCUT2D eigenvalue weighted by molar-refractivity contribution is 6.42. The standard InChI is InChI=1S/C15H12Cl2O/c1-18-13-7-4-11(5-8-13)2-3-12-6-9-14(16)15(17)10-12/h2-10H,1H3. The predicted octanol–water partition coefficient (Wildman–Crippen LogP) is 5.17. The Hall–Kier alpha value is -1.44. The summed E-state index contributed by atoms with van der Waals surface area (Å²) in [5.74, 6) is 0.849. The summed E-state index contributed by atoms with van der Waals surface area (Å²) in [6.45, 7) is 0. The van der Waals surface area contributed by atoms with Crippen LogP contribution in [0.25, 0.3) is 12.2 Å². The minimum atomic E-state index is 0.563. The third-order valence-electron chi connectivity index (χ3n) is 2.53. The maximum atomic E-state index is 5.95. The van der Waals surface area contributed by atoms with Gasteiger partial charge in [0.25, 0.3) is 0 Å². The second-order valence-corrected chi connectivity index (χ2v) is 4.59. The minimum Gasteiger partial charge on any atom is -0.497 e. The number of halogens is 2. The van der Waals surface area contributed by atoms with Gasteiger partial charge < -0.3 is 4.74 Å². The summed E-state index contributed by atoms with van der Waals surface area (Å²) in [5, 5.41) is 1.13. The lowest BCUT2D eigenvalue weighted by molar-refractivity contribution is 0.415. The molecule has 0 saturated carbocycles. The summed E-state index contributed by atoms with van der Waals surface area (Å²) in [4.78, 5) is 0. The molecule has 0 aliphatic carbocycles. The normalized spacial score (nSPS) is 10.8. The molecule has 0 unspecified atom stereocenters. The average molecular weight is 279 g/mol. The third-order valence-corrected chi connectivity index (χ3v) is 3.27. The Labute approximate surface area is 117 Å². The van der Waals surface area contributed by atoms with Crippen molar-refractivity contribution in [2.75, 3.05) is 7.11 Å². The quantitative estimate of drug-likeness (QED) is 0.704. The summed E-state index contributed by atoms with van der Waals surface area (Å²) in [6, 6.07) is 13.4. The summed E-state index contributed by atoms with van der Waals surface area (Å²) in [7, 11) is 1.65. The summed E-state index contributed by atoms with van der Waals surface area (Å²) in [5.41, 5.74) is 2.11. The van der Waals surface area contributed by atoms with Crippen molar-refractivity contribution >= 4 is 35.4 Å². The Morgan fingerprint density at radius 3 is 2.06 bits per heavy atom. The van der Waals surface area contributed by atoms with Crippen LogP contribution in [0.5, 0.6) is 5.75 Å². The van der Waals surface area contributed by atoms with Crippen molar-refractivity contribution in [1.29, 1.82) is 0 Å². The van der Waals surface area contributed by atoms with Gasteiger partial charge in [0.05, 0.1) is 17.2 Å². The van der Waals surface area contributed by atoms with Crippen molar-refractivity contribution in [2.45, 2.75) is 0 Å². The Kier molecular flexibility index (Phi) is 4.29. The van der Waals surface area contributed by atoms with E-state index >= 15 is 0 Å². The van der Waals surface area contributed by atoms with Gasteiger partial charge in [0.1, 0.15) is 5.75 Å². The van der Waals surface area contributed by atoms with Crippen molar-refractivity contribution in [3.05, 3.63) is 63.6 Å². The van der Waals surface area contributed by atoms with E-state index < -0.39 is 0 Å². The molecule has 0 amide bonds. The van der Waals surface area contributed by atoms with Gasteiger partial charge in [-0.15, -0.1) is 0 Å². The first-order chi connectivity index (χ1) is 8.69. The van der Waals surface area contributed by atoms with E-state index in [9.17, 15) is 0 Å². The molecule has 92 valence electrons. The van der Waals surface area contributed by atoms with Crippen LogP contribution in [-0.4, -0.2) is 7.11 Å². The monoisotopic (exact) mass is 278 g/mol. The van der Waals surface area contributed by atoms with Gasteiger partial charge in [0.2, 0.25) is 0 Å². The Bertz CT molecular complexity index is 559. The lowest BCUT2D eigenvalue weighted by Crippen LogP contribution is -1.81. The molecule has 3 heteroatoms. The molecule has 0 radical (unpaired) electrons. The maximum Gasteiger partial charge on any atom is 0.118 e. The van der Waals surface area contributed by atoms with Crippen LogP contribution in [0, 0.1) is 0 Å². The lowest BCUT2D eigenvalue weighted by atomic mass is 10.1. The molecule has 0 saturated heterocycles. The summed E-state index contributed by atoms with van der Waals surface area (Å²) in [6.07, 6.45) is 4.00. The Balaban J connectivity index is 2.16. The van der Waals surface area contributed by atoms with Crippen LogP contribution >= 0.6 is 23.2 Å². The van der Waals surface area contributed by atoms with Crippen molar-refractivity contribution in [3.63, 3.8) is 0 Å². The van der Waals surface area contributed by atoms with Gasteiger partial charge in [-0.1, -0.05) is 53.6 Å². The van der Waals surface area contributed by atoms with Crippen LogP contribution in [-0.2, 0) is 0 Å². The Morgan fingerprint density at radius 2 is 1.44 bits per heavy atom. The molecule has 0 bridgehead atoms. The zero-order valence-corrected chi connectivity index (χ0v) is 11.4. The lowest BCUT2D eigenvalue weighted by Gasteiger charge is -2.00. The molecule has 0 fully saturated rings. The predicted molar refractivity (Wildman–Crippen MR) is 78.4 cm³/mol. The van der Waals surface area contributed by atoms with Crippen LogP contribution in [0.4, 0.5) is 0 Å². The molecule has 18 heavy (non-hydrogen) atoms. The van der Waals surface area contributed by atoms with Gasteiger partial charge >= 0.3 is 0 Å². The van der Waals surface area contributed by atoms with Gasteiger partial charge in [0.15, 0.2) is 0 Å².